The first kappa shape index (κ1) is 30.5. The van der Waals surface area contributed by atoms with Gasteiger partial charge in [0.2, 0.25) is 0 Å². The Morgan fingerprint density at radius 3 is 1.74 bits per heavy atom. The van der Waals surface area contributed by atoms with E-state index in [1.807, 2.05) is 6.07 Å². The molecule has 1 aromatic rings. The number of carboxylic acids is 1. The Morgan fingerprint density at radius 2 is 1.26 bits per heavy atom. The maximum Gasteiger partial charge on any atom is 0.339 e. The molecular formula is C31H54O3. The fourth-order valence-corrected chi connectivity index (χ4v) is 5.00. The SMILES string of the molecule is CCCCC(CC)COc1c(C(=O)O)ccc(CC(CC)CCCC)c1CC(CC)CCCC. The zero-order valence-electron chi connectivity index (χ0n) is 23.3. The molecule has 0 amide bonds. The van der Waals surface area contributed by atoms with Crippen LogP contribution in [0.25, 0.3) is 0 Å². The van der Waals surface area contributed by atoms with Crippen molar-refractivity contribution in [3.8, 4) is 5.75 Å². The van der Waals surface area contributed by atoms with Crippen LogP contribution in [-0.2, 0) is 12.8 Å². The topological polar surface area (TPSA) is 46.5 Å². The summed E-state index contributed by atoms with van der Waals surface area (Å²) in [5, 5.41) is 10.0. The highest BCUT2D eigenvalue weighted by atomic mass is 16.5. The number of rotatable bonds is 20. The Kier molecular flexibility index (Phi) is 16.0. The maximum atomic E-state index is 12.2. The number of benzene rings is 1. The van der Waals surface area contributed by atoms with E-state index in [4.69, 9.17) is 4.74 Å². The van der Waals surface area contributed by atoms with E-state index < -0.39 is 5.97 Å². The number of unbranched alkanes of at least 4 members (excludes halogenated alkanes) is 3. The van der Waals surface area contributed by atoms with Gasteiger partial charge in [-0.2, -0.15) is 0 Å². The first-order chi connectivity index (χ1) is 16.4. The Bertz CT molecular complexity index is 681. The van der Waals surface area contributed by atoms with Crippen molar-refractivity contribution in [3.05, 3.63) is 28.8 Å². The lowest BCUT2D eigenvalue weighted by atomic mass is 9.84. The van der Waals surface area contributed by atoms with E-state index in [9.17, 15) is 9.90 Å². The second-order valence-corrected chi connectivity index (χ2v) is 10.4. The molecule has 3 atom stereocenters. The second kappa shape index (κ2) is 17.9. The first-order valence-electron chi connectivity index (χ1n) is 14.5. The fourth-order valence-electron chi connectivity index (χ4n) is 5.00. The minimum Gasteiger partial charge on any atom is -0.492 e. The van der Waals surface area contributed by atoms with Crippen molar-refractivity contribution in [3.63, 3.8) is 0 Å². The molecule has 0 aliphatic heterocycles. The second-order valence-electron chi connectivity index (χ2n) is 10.4. The van der Waals surface area contributed by atoms with Crippen LogP contribution >= 0.6 is 0 Å². The Labute approximate surface area is 211 Å². The molecular weight excluding hydrogens is 420 g/mol. The molecule has 0 saturated carbocycles. The van der Waals surface area contributed by atoms with E-state index >= 15 is 0 Å². The summed E-state index contributed by atoms with van der Waals surface area (Å²) in [6.45, 7) is 14.1. The highest BCUT2D eigenvalue weighted by Gasteiger charge is 2.24. The molecule has 196 valence electrons. The lowest BCUT2D eigenvalue weighted by Crippen LogP contribution is -2.17. The molecule has 0 spiro atoms. The van der Waals surface area contributed by atoms with Crippen LogP contribution in [0.15, 0.2) is 12.1 Å². The molecule has 0 saturated heterocycles. The van der Waals surface area contributed by atoms with Gasteiger partial charge in [0.15, 0.2) is 0 Å². The molecule has 1 rings (SSSR count). The van der Waals surface area contributed by atoms with Gasteiger partial charge in [0.1, 0.15) is 11.3 Å². The average Bonchev–Trinajstić information content (AvgIpc) is 2.84. The Balaban J connectivity index is 3.39. The summed E-state index contributed by atoms with van der Waals surface area (Å²) in [5.41, 5.74) is 2.85. The quantitative estimate of drug-likeness (QED) is 0.205. The van der Waals surface area contributed by atoms with Crippen LogP contribution < -0.4 is 4.74 Å². The largest absolute Gasteiger partial charge is 0.492 e. The van der Waals surface area contributed by atoms with Gasteiger partial charge in [-0.05, 0) is 54.2 Å². The Hall–Kier alpha value is -1.51. The van der Waals surface area contributed by atoms with Gasteiger partial charge in [-0.15, -0.1) is 0 Å². The third-order valence-electron chi connectivity index (χ3n) is 7.68. The van der Waals surface area contributed by atoms with E-state index in [2.05, 4.69) is 47.6 Å². The zero-order chi connectivity index (χ0) is 25.3. The van der Waals surface area contributed by atoms with Gasteiger partial charge < -0.3 is 9.84 Å². The van der Waals surface area contributed by atoms with Gasteiger partial charge in [-0.1, -0.05) is 118 Å². The van der Waals surface area contributed by atoms with Crippen LogP contribution in [0.1, 0.15) is 140 Å². The van der Waals surface area contributed by atoms with Gasteiger partial charge in [0.25, 0.3) is 0 Å². The molecule has 3 nitrogen and oxygen atoms in total. The number of hydrogen-bond donors (Lipinski definition) is 1. The van der Waals surface area contributed by atoms with Crippen molar-refractivity contribution in [1.29, 1.82) is 0 Å². The van der Waals surface area contributed by atoms with Crippen LogP contribution in [0.2, 0.25) is 0 Å². The first-order valence-corrected chi connectivity index (χ1v) is 14.5. The van der Waals surface area contributed by atoms with Crippen molar-refractivity contribution in [2.45, 2.75) is 131 Å². The summed E-state index contributed by atoms with van der Waals surface area (Å²) in [6.07, 6.45) is 16.2. The lowest BCUT2D eigenvalue weighted by molar-refractivity contribution is 0.0690. The van der Waals surface area contributed by atoms with Gasteiger partial charge >= 0.3 is 5.97 Å². The molecule has 0 aromatic heterocycles. The standard InChI is InChI=1S/C31H54O3/c1-7-13-16-24(10-4)21-27-19-20-28(31(32)33)30(34-23-26(12-6)18-15-9-3)29(27)22-25(11-5)17-14-8-2/h19-20,24-26H,7-18,21-23H2,1-6H3,(H,32,33). The van der Waals surface area contributed by atoms with Gasteiger partial charge in [0, 0.05) is 0 Å². The summed E-state index contributed by atoms with van der Waals surface area (Å²) >= 11 is 0. The van der Waals surface area contributed by atoms with E-state index in [1.54, 1.807) is 0 Å². The molecule has 0 bridgehead atoms. The Morgan fingerprint density at radius 1 is 0.765 bits per heavy atom. The van der Waals surface area contributed by atoms with Gasteiger partial charge in [-0.25, -0.2) is 4.79 Å². The summed E-state index contributed by atoms with van der Waals surface area (Å²) < 4.78 is 6.49. The van der Waals surface area contributed by atoms with Crippen molar-refractivity contribution in [1.82, 2.24) is 0 Å². The highest BCUT2D eigenvalue weighted by Crippen LogP contribution is 2.35. The minimum absolute atomic E-state index is 0.344. The molecule has 0 aliphatic carbocycles. The summed E-state index contributed by atoms with van der Waals surface area (Å²) in [4.78, 5) is 12.2. The third-order valence-corrected chi connectivity index (χ3v) is 7.68. The lowest BCUT2D eigenvalue weighted by Gasteiger charge is -2.25. The molecule has 3 unspecified atom stereocenters. The van der Waals surface area contributed by atoms with E-state index in [1.165, 1.54) is 62.5 Å². The molecule has 0 aliphatic rings. The monoisotopic (exact) mass is 474 g/mol. The zero-order valence-corrected chi connectivity index (χ0v) is 23.3. The molecule has 0 radical (unpaired) electrons. The van der Waals surface area contributed by atoms with Crippen molar-refractivity contribution < 1.29 is 14.6 Å². The number of hydrogen-bond acceptors (Lipinski definition) is 2. The minimum atomic E-state index is -0.871. The van der Waals surface area contributed by atoms with E-state index in [0.717, 1.165) is 38.5 Å². The predicted molar refractivity (Wildman–Crippen MR) is 146 cm³/mol. The number of carboxylic acid groups (broad SMARTS) is 1. The molecule has 3 heteroatoms. The molecule has 34 heavy (non-hydrogen) atoms. The maximum absolute atomic E-state index is 12.2. The summed E-state index contributed by atoms with van der Waals surface area (Å²) in [7, 11) is 0. The van der Waals surface area contributed by atoms with Gasteiger partial charge in [-0.3, -0.25) is 0 Å². The number of carbonyl (C=O) groups is 1. The summed E-state index contributed by atoms with van der Waals surface area (Å²) in [5.74, 6) is 1.49. The highest BCUT2D eigenvalue weighted by molar-refractivity contribution is 5.91. The average molecular weight is 475 g/mol. The van der Waals surface area contributed by atoms with Crippen LogP contribution in [0.3, 0.4) is 0 Å². The molecule has 0 fully saturated rings. The van der Waals surface area contributed by atoms with Crippen molar-refractivity contribution in [2.24, 2.45) is 17.8 Å². The van der Waals surface area contributed by atoms with E-state index in [-0.39, 0.29) is 0 Å². The van der Waals surface area contributed by atoms with Crippen LogP contribution in [-0.4, -0.2) is 17.7 Å². The third kappa shape index (κ3) is 10.4. The molecule has 0 heterocycles. The van der Waals surface area contributed by atoms with Gasteiger partial charge in [0.05, 0.1) is 6.61 Å². The normalized spacial score (nSPS) is 14.1. The molecule has 1 aromatic carbocycles. The number of aromatic carboxylic acids is 1. The van der Waals surface area contributed by atoms with Crippen molar-refractivity contribution in [2.75, 3.05) is 6.61 Å². The van der Waals surface area contributed by atoms with Crippen LogP contribution in [0.5, 0.6) is 5.75 Å². The fraction of sp³-hybridized carbons (Fsp3) is 0.774. The summed E-state index contributed by atoms with van der Waals surface area (Å²) in [6, 6.07) is 3.91. The predicted octanol–water partition coefficient (Wildman–Crippen LogP) is 9.50. The number of ether oxygens (including phenoxy) is 1. The smallest absolute Gasteiger partial charge is 0.339 e. The van der Waals surface area contributed by atoms with E-state index in [0.29, 0.717) is 35.7 Å². The van der Waals surface area contributed by atoms with Crippen LogP contribution in [0.4, 0.5) is 0 Å². The van der Waals surface area contributed by atoms with Crippen LogP contribution in [0, 0.1) is 17.8 Å². The molecule has 1 N–H and O–H groups in total. The van der Waals surface area contributed by atoms with Crippen molar-refractivity contribution >= 4 is 5.97 Å².